The van der Waals surface area contributed by atoms with E-state index in [0.29, 0.717) is 11.5 Å². The second-order valence-electron chi connectivity index (χ2n) is 3.75. The lowest BCUT2D eigenvalue weighted by atomic mass is 10.2. The number of rotatable bonds is 3. The van der Waals surface area contributed by atoms with Gasteiger partial charge < -0.3 is 15.8 Å². The number of aromatic nitrogens is 2. The molecule has 0 aliphatic carbocycles. The van der Waals surface area contributed by atoms with Crippen LogP contribution in [-0.4, -0.2) is 17.1 Å². The Morgan fingerprint density at radius 3 is 2.83 bits per heavy atom. The lowest BCUT2D eigenvalue weighted by Crippen LogP contribution is -2.02. The first kappa shape index (κ1) is 12.4. The van der Waals surface area contributed by atoms with Crippen LogP contribution in [-0.2, 0) is 0 Å². The Labute approximate surface area is 110 Å². The minimum absolute atomic E-state index is 0.151. The number of methoxy groups -OCH3 is 1. The lowest BCUT2D eigenvalue weighted by Gasteiger charge is -2.11. The van der Waals surface area contributed by atoms with Crippen LogP contribution in [0.2, 0.25) is 5.28 Å². The second kappa shape index (κ2) is 5.10. The summed E-state index contributed by atoms with van der Waals surface area (Å²) in [6.07, 6.45) is 1.47. The highest BCUT2D eigenvalue weighted by atomic mass is 35.5. The Morgan fingerprint density at radius 1 is 1.39 bits per heavy atom. The van der Waals surface area contributed by atoms with Crippen molar-refractivity contribution < 1.29 is 4.74 Å². The number of anilines is 3. The third kappa shape index (κ3) is 2.62. The molecule has 0 bridgehead atoms. The van der Waals surface area contributed by atoms with Gasteiger partial charge in [0.25, 0.3) is 0 Å². The fourth-order valence-electron chi connectivity index (χ4n) is 1.50. The number of benzene rings is 1. The molecule has 0 aliphatic heterocycles. The van der Waals surface area contributed by atoms with Gasteiger partial charge in [-0.3, -0.25) is 0 Å². The number of halogens is 1. The summed E-state index contributed by atoms with van der Waals surface area (Å²) in [5.74, 6) is 1.29. The quantitative estimate of drug-likeness (QED) is 0.834. The fraction of sp³-hybridized carbons (Fsp3) is 0.167. The van der Waals surface area contributed by atoms with Crippen molar-refractivity contribution in [2.24, 2.45) is 0 Å². The zero-order chi connectivity index (χ0) is 13.1. The van der Waals surface area contributed by atoms with E-state index in [2.05, 4.69) is 15.3 Å². The predicted molar refractivity (Wildman–Crippen MR) is 72.5 cm³/mol. The Balaban J connectivity index is 2.31. The maximum atomic E-state index is 5.77. The van der Waals surface area contributed by atoms with Gasteiger partial charge in [-0.15, -0.1) is 0 Å². The molecule has 0 radical (unpaired) electrons. The first-order chi connectivity index (χ1) is 8.60. The number of hydrogen-bond acceptors (Lipinski definition) is 5. The number of nitrogens with one attached hydrogen (secondary N) is 1. The van der Waals surface area contributed by atoms with Crippen molar-refractivity contribution in [2.45, 2.75) is 6.92 Å². The molecular weight excluding hydrogens is 252 g/mol. The second-order valence-corrected chi connectivity index (χ2v) is 4.09. The number of ether oxygens (including phenoxy) is 1. The summed E-state index contributed by atoms with van der Waals surface area (Å²) in [6, 6.07) is 5.67. The largest absolute Gasteiger partial charge is 0.497 e. The van der Waals surface area contributed by atoms with E-state index in [1.165, 1.54) is 6.20 Å². The van der Waals surface area contributed by atoms with Gasteiger partial charge in [0, 0.05) is 5.69 Å². The van der Waals surface area contributed by atoms with E-state index in [1.807, 2.05) is 25.1 Å². The minimum Gasteiger partial charge on any atom is -0.497 e. The lowest BCUT2D eigenvalue weighted by molar-refractivity contribution is 0.414. The van der Waals surface area contributed by atoms with Gasteiger partial charge in [0.05, 0.1) is 19.0 Å². The van der Waals surface area contributed by atoms with Crippen LogP contribution in [0.1, 0.15) is 5.56 Å². The molecule has 0 aliphatic rings. The highest BCUT2D eigenvalue weighted by Gasteiger charge is 2.06. The molecule has 6 heteroatoms. The van der Waals surface area contributed by atoms with E-state index < -0.39 is 0 Å². The van der Waals surface area contributed by atoms with E-state index in [0.717, 1.165) is 17.0 Å². The highest BCUT2D eigenvalue weighted by molar-refractivity contribution is 6.28. The van der Waals surface area contributed by atoms with Crippen LogP contribution in [0.5, 0.6) is 5.75 Å². The summed E-state index contributed by atoms with van der Waals surface area (Å²) < 4.78 is 5.14. The molecule has 2 aromatic rings. The van der Waals surface area contributed by atoms with Crippen LogP contribution < -0.4 is 15.8 Å². The van der Waals surface area contributed by atoms with Gasteiger partial charge in [-0.25, -0.2) is 4.98 Å². The van der Waals surface area contributed by atoms with Crippen molar-refractivity contribution in [2.75, 3.05) is 18.2 Å². The van der Waals surface area contributed by atoms with Gasteiger partial charge in [-0.2, -0.15) is 4.98 Å². The van der Waals surface area contributed by atoms with E-state index in [1.54, 1.807) is 7.11 Å². The van der Waals surface area contributed by atoms with E-state index in [4.69, 9.17) is 22.1 Å². The topological polar surface area (TPSA) is 73.1 Å². The molecule has 0 saturated heterocycles. The number of aryl methyl sites for hydroxylation is 1. The average molecular weight is 265 g/mol. The van der Waals surface area contributed by atoms with Gasteiger partial charge in [0.1, 0.15) is 5.75 Å². The Morgan fingerprint density at radius 2 is 2.17 bits per heavy atom. The first-order valence-corrected chi connectivity index (χ1v) is 5.67. The standard InChI is InChI=1S/C12H13ClN4O/c1-7-5-8(18-2)3-4-10(7)16-11-9(14)6-15-12(13)17-11/h3-6H,14H2,1-2H3,(H,15,16,17). The number of hydrogen-bond donors (Lipinski definition) is 2. The molecule has 0 amide bonds. The van der Waals surface area contributed by atoms with Crippen molar-refractivity contribution in [3.63, 3.8) is 0 Å². The van der Waals surface area contributed by atoms with Crippen molar-refractivity contribution in [1.29, 1.82) is 0 Å². The zero-order valence-electron chi connectivity index (χ0n) is 10.1. The first-order valence-electron chi connectivity index (χ1n) is 5.30. The number of nitrogens with zero attached hydrogens (tertiary/aromatic N) is 2. The third-order valence-electron chi connectivity index (χ3n) is 2.47. The Hall–Kier alpha value is -2.01. The molecule has 0 fully saturated rings. The minimum atomic E-state index is 0.151. The van der Waals surface area contributed by atoms with Crippen LogP contribution in [0.4, 0.5) is 17.2 Å². The summed E-state index contributed by atoms with van der Waals surface area (Å²) in [6.45, 7) is 1.96. The number of nitrogen functional groups attached to an aromatic ring is 1. The van der Waals surface area contributed by atoms with E-state index >= 15 is 0 Å². The third-order valence-corrected chi connectivity index (χ3v) is 2.66. The fourth-order valence-corrected chi connectivity index (χ4v) is 1.63. The molecule has 5 nitrogen and oxygen atoms in total. The molecule has 0 atom stereocenters. The molecular formula is C12H13ClN4O. The molecule has 0 spiro atoms. The molecule has 0 saturated carbocycles. The van der Waals surface area contributed by atoms with Gasteiger partial charge in [-0.1, -0.05) is 0 Å². The molecule has 1 aromatic heterocycles. The maximum absolute atomic E-state index is 5.77. The zero-order valence-corrected chi connectivity index (χ0v) is 10.8. The molecule has 94 valence electrons. The monoisotopic (exact) mass is 264 g/mol. The molecule has 1 aromatic carbocycles. The van der Waals surface area contributed by atoms with E-state index in [-0.39, 0.29) is 5.28 Å². The van der Waals surface area contributed by atoms with Crippen LogP contribution >= 0.6 is 11.6 Å². The van der Waals surface area contributed by atoms with Crippen LogP contribution in [0.15, 0.2) is 24.4 Å². The van der Waals surface area contributed by atoms with Gasteiger partial charge in [0.15, 0.2) is 5.82 Å². The molecule has 3 N–H and O–H groups in total. The summed E-state index contributed by atoms with van der Waals surface area (Å²) in [5, 5.41) is 3.27. The van der Waals surface area contributed by atoms with Crippen LogP contribution in [0.25, 0.3) is 0 Å². The Bertz CT molecular complexity index is 574. The Kier molecular flexibility index (Phi) is 3.53. The van der Waals surface area contributed by atoms with Gasteiger partial charge >= 0.3 is 0 Å². The van der Waals surface area contributed by atoms with Crippen molar-refractivity contribution >= 4 is 28.8 Å². The van der Waals surface area contributed by atoms with Crippen molar-refractivity contribution in [3.05, 3.63) is 35.2 Å². The van der Waals surface area contributed by atoms with Crippen molar-refractivity contribution in [1.82, 2.24) is 9.97 Å². The van der Waals surface area contributed by atoms with Gasteiger partial charge in [-0.05, 0) is 42.3 Å². The number of nitrogens with two attached hydrogens (primary N) is 1. The van der Waals surface area contributed by atoms with E-state index in [9.17, 15) is 0 Å². The predicted octanol–water partition coefficient (Wildman–Crippen LogP) is 2.77. The summed E-state index contributed by atoms with van der Waals surface area (Å²) in [7, 11) is 1.63. The highest BCUT2D eigenvalue weighted by Crippen LogP contribution is 2.26. The van der Waals surface area contributed by atoms with Crippen LogP contribution in [0.3, 0.4) is 0 Å². The summed E-state index contributed by atoms with van der Waals surface area (Å²) >= 11 is 5.73. The smallest absolute Gasteiger partial charge is 0.224 e. The average Bonchev–Trinajstić information content (AvgIpc) is 2.36. The SMILES string of the molecule is COc1ccc(Nc2nc(Cl)ncc2N)c(C)c1. The van der Waals surface area contributed by atoms with Gasteiger partial charge in [0.2, 0.25) is 5.28 Å². The maximum Gasteiger partial charge on any atom is 0.224 e. The summed E-state index contributed by atoms with van der Waals surface area (Å²) in [5.41, 5.74) is 8.12. The summed E-state index contributed by atoms with van der Waals surface area (Å²) in [4.78, 5) is 7.84. The van der Waals surface area contributed by atoms with Crippen LogP contribution in [0, 0.1) is 6.92 Å². The molecule has 0 unspecified atom stereocenters. The molecule has 2 rings (SSSR count). The van der Waals surface area contributed by atoms with Crippen molar-refractivity contribution in [3.8, 4) is 5.75 Å². The molecule has 18 heavy (non-hydrogen) atoms. The molecule has 1 heterocycles. The normalized spacial score (nSPS) is 10.2.